The first-order valence-corrected chi connectivity index (χ1v) is 6.53. The number of alkyl halides is 3. The molecular weight excluding hydrogens is 336 g/mol. The highest BCUT2D eigenvalue weighted by atomic mass is 19.4. The second-order valence-corrected chi connectivity index (χ2v) is 4.40. The molecule has 10 heteroatoms. The van der Waals surface area contributed by atoms with Crippen molar-refractivity contribution in [2.45, 2.75) is 13.1 Å². The number of halogens is 4. The second kappa shape index (κ2) is 6.69. The van der Waals surface area contributed by atoms with E-state index in [1.165, 1.54) is 0 Å². The van der Waals surface area contributed by atoms with Gasteiger partial charge in [0.2, 0.25) is 0 Å². The molecule has 0 saturated heterocycles. The molecule has 1 aromatic carbocycles. The highest BCUT2D eigenvalue weighted by Crippen LogP contribution is 2.31. The average molecular weight is 346 g/mol. The van der Waals surface area contributed by atoms with Gasteiger partial charge >= 0.3 is 18.2 Å². The monoisotopic (exact) mass is 346 g/mol. The van der Waals surface area contributed by atoms with Crippen LogP contribution in [0.2, 0.25) is 0 Å². The lowest BCUT2D eigenvalue weighted by molar-refractivity contribution is -0.140. The SMILES string of the molecule is CCOC(=O)c1coc(NC(=O)c2ccc(C(F)(F)F)c(F)c2)n1. The Bertz CT molecular complexity index is 770. The van der Waals surface area contributed by atoms with Crippen LogP contribution in [0.1, 0.15) is 33.3 Å². The predicted molar refractivity (Wildman–Crippen MR) is 71.8 cm³/mol. The quantitative estimate of drug-likeness (QED) is 0.679. The molecule has 6 nitrogen and oxygen atoms in total. The summed E-state index contributed by atoms with van der Waals surface area (Å²) in [5, 5.41) is 2.09. The molecule has 0 aliphatic rings. The molecular formula is C14H10F4N2O4. The molecule has 0 bridgehead atoms. The lowest BCUT2D eigenvalue weighted by Crippen LogP contribution is -2.15. The van der Waals surface area contributed by atoms with Crippen LogP contribution < -0.4 is 5.32 Å². The number of oxazole rings is 1. The summed E-state index contributed by atoms with van der Waals surface area (Å²) in [6.45, 7) is 1.69. The van der Waals surface area contributed by atoms with Crippen LogP contribution in [-0.2, 0) is 10.9 Å². The summed E-state index contributed by atoms with van der Waals surface area (Å²) in [7, 11) is 0. The number of nitrogens with one attached hydrogen (secondary N) is 1. The molecule has 1 heterocycles. The minimum Gasteiger partial charge on any atom is -0.461 e. The van der Waals surface area contributed by atoms with Crippen LogP contribution in [0.4, 0.5) is 23.6 Å². The predicted octanol–water partition coefficient (Wildman–Crippen LogP) is 3.26. The van der Waals surface area contributed by atoms with Crippen molar-refractivity contribution >= 4 is 17.9 Å². The summed E-state index contributed by atoms with van der Waals surface area (Å²) < 4.78 is 60.3. The number of esters is 1. The van der Waals surface area contributed by atoms with Crippen LogP contribution >= 0.6 is 0 Å². The Morgan fingerprint density at radius 3 is 2.62 bits per heavy atom. The normalized spacial score (nSPS) is 11.2. The van der Waals surface area contributed by atoms with Gasteiger partial charge in [-0.2, -0.15) is 18.2 Å². The maximum absolute atomic E-state index is 13.4. The number of nitrogens with zero attached hydrogens (tertiary/aromatic N) is 1. The van der Waals surface area contributed by atoms with E-state index in [1.807, 2.05) is 0 Å². The van der Waals surface area contributed by atoms with Gasteiger partial charge in [0.1, 0.15) is 12.1 Å². The molecule has 1 aromatic heterocycles. The zero-order valence-electron chi connectivity index (χ0n) is 12.1. The van der Waals surface area contributed by atoms with Gasteiger partial charge in [0.25, 0.3) is 5.91 Å². The summed E-state index contributed by atoms with van der Waals surface area (Å²) in [5.74, 6) is -3.32. The van der Waals surface area contributed by atoms with Crippen molar-refractivity contribution in [2.75, 3.05) is 11.9 Å². The van der Waals surface area contributed by atoms with Gasteiger partial charge in [0.05, 0.1) is 12.2 Å². The third-order valence-corrected chi connectivity index (χ3v) is 2.75. The third-order valence-electron chi connectivity index (χ3n) is 2.75. The van der Waals surface area contributed by atoms with E-state index >= 15 is 0 Å². The Morgan fingerprint density at radius 2 is 2.04 bits per heavy atom. The summed E-state index contributed by atoms with van der Waals surface area (Å²) >= 11 is 0. The van der Waals surface area contributed by atoms with Crippen LogP contribution in [-0.4, -0.2) is 23.5 Å². The standard InChI is InChI=1S/C14H10F4N2O4/c1-2-23-12(22)10-6-24-13(19-10)20-11(21)7-3-4-8(9(15)5-7)14(16,17)18/h3-6H,2H2,1H3,(H,19,20,21). The number of amides is 1. The van der Waals surface area contributed by atoms with Crippen molar-refractivity contribution in [3.8, 4) is 0 Å². The Hall–Kier alpha value is -2.91. The fraction of sp³-hybridized carbons (Fsp3) is 0.214. The van der Waals surface area contributed by atoms with E-state index in [0.717, 1.165) is 12.3 Å². The van der Waals surface area contributed by atoms with E-state index < -0.39 is 29.4 Å². The highest BCUT2D eigenvalue weighted by molar-refractivity contribution is 6.03. The van der Waals surface area contributed by atoms with Crippen LogP contribution in [0.25, 0.3) is 0 Å². The molecule has 128 valence electrons. The fourth-order valence-electron chi connectivity index (χ4n) is 1.69. The minimum atomic E-state index is -4.86. The van der Waals surface area contributed by atoms with Crippen molar-refractivity contribution in [1.82, 2.24) is 4.98 Å². The molecule has 0 atom stereocenters. The molecule has 0 aliphatic carbocycles. The Labute approximate surface area is 132 Å². The van der Waals surface area contributed by atoms with Gasteiger partial charge in [-0.1, -0.05) is 0 Å². The molecule has 0 unspecified atom stereocenters. The zero-order chi connectivity index (χ0) is 17.9. The summed E-state index contributed by atoms with van der Waals surface area (Å²) in [5.41, 5.74) is -2.07. The number of carbonyl (C=O) groups excluding carboxylic acids is 2. The number of anilines is 1. The van der Waals surface area contributed by atoms with E-state index in [0.29, 0.717) is 12.1 Å². The molecule has 2 rings (SSSR count). The van der Waals surface area contributed by atoms with Gasteiger partial charge in [-0.05, 0) is 25.1 Å². The Morgan fingerprint density at radius 1 is 1.33 bits per heavy atom. The van der Waals surface area contributed by atoms with Crippen molar-refractivity contribution in [3.05, 3.63) is 47.1 Å². The topological polar surface area (TPSA) is 81.4 Å². The first-order valence-electron chi connectivity index (χ1n) is 6.53. The molecule has 1 N–H and O–H groups in total. The van der Waals surface area contributed by atoms with E-state index in [-0.39, 0.29) is 23.9 Å². The van der Waals surface area contributed by atoms with Gasteiger partial charge in [-0.15, -0.1) is 0 Å². The largest absolute Gasteiger partial charge is 0.461 e. The summed E-state index contributed by atoms with van der Waals surface area (Å²) in [4.78, 5) is 26.9. The Balaban J connectivity index is 2.13. The van der Waals surface area contributed by atoms with Crippen LogP contribution in [0.5, 0.6) is 0 Å². The maximum Gasteiger partial charge on any atom is 0.419 e. The molecule has 0 radical (unpaired) electrons. The fourth-order valence-corrected chi connectivity index (χ4v) is 1.69. The number of ether oxygens (including phenoxy) is 1. The first kappa shape index (κ1) is 17.4. The second-order valence-electron chi connectivity index (χ2n) is 4.40. The molecule has 1 amide bonds. The first-order chi connectivity index (χ1) is 11.2. The number of rotatable bonds is 4. The molecule has 0 aliphatic heterocycles. The van der Waals surface area contributed by atoms with Crippen molar-refractivity contribution in [1.29, 1.82) is 0 Å². The minimum absolute atomic E-state index is 0.109. The van der Waals surface area contributed by atoms with Gasteiger partial charge in [-0.3, -0.25) is 10.1 Å². The molecule has 24 heavy (non-hydrogen) atoms. The third kappa shape index (κ3) is 3.89. The number of carbonyl (C=O) groups is 2. The summed E-state index contributed by atoms with van der Waals surface area (Å²) in [6, 6.07) is 1.30. The van der Waals surface area contributed by atoms with Crippen molar-refractivity contribution in [2.24, 2.45) is 0 Å². The number of hydrogen-bond acceptors (Lipinski definition) is 5. The zero-order valence-corrected chi connectivity index (χ0v) is 12.1. The highest BCUT2D eigenvalue weighted by Gasteiger charge is 2.34. The molecule has 0 saturated carbocycles. The van der Waals surface area contributed by atoms with Gasteiger partial charge < -0.3 is 9.15 Å². The molecule has 0 spiro atoms. The number of benzene rings is 1. The average Bonchev–Trinajstić information content (AvgIpc) is 2.94. The molecule has 0 fully saturated rings. The maximum atomic E-state index is 13.4. The number of hydrogen-bond donors (Lipinski definition) is 1. The van der Waals surface area contributed by atoms with Crippen molar-refractivity contribution in [3.63, 3.8) is 0 Å². The smallest absolute Gasteiger partial charge is 0.419 e. The van der Waals surface area contributed by atoms with Gasteiger partial charge in [0, 0.05) is 5.56 Å². The van der Waals surface area contributed by atoms with Gasteiger partial charge in [-0.25, -0.2) is 9.18 Å². The van der Waals surface area contributed by atoms with Crippen molar-refractivity contribution < 1.29 is 36.3 Å². The van der Waals surface area contributed by atoms with E-state index in [1.54, 1.807) is 6.92 Å². The summed E-state index contributed by atoms with van der Waals surface area (Å²) in [6.07, 6.45) is -3.93. The van der Waals surface area contributed by atoms with Gasteiger partial charge in [0.15, 0.2) is 5.69 Å². The lowest BCUT2D eigenvalue weighted by atomic mass is 10.1. The Kier molecular flexibility index (Phi) is 4.86. The van der Waals surface area contributed by atoms with Crippen LogP contribution in [0, 0.1) is 5.82 Å². The van der Waals surface area contributed by atoms with E-state index in [2.05, 4.69) is 15.0 Å². The van der Waals surface area contributed by atoms with E-state index in [4.69, 9.17) is 4.42 Å². The van der Waals surface area contributed by atoms with E-state index in [9.17, 15) is 27.2 Å². The van der Waals surface area contributed by atoms with Crippen LogP contribution in [0.15, 0.2) is 28.9 Å². The lowest BCUT2D eigenvalue weighted by Gasteiger charge is -2.08. The van der Waals surface area contributed by atoms with Crippen LogP contribution in [0.3, 0.4) is 0 Å². The number of aromatic nitrogens is 1. The molecule has 2 aromatic rings.